The number of aliphatic hydroxyl groups is 1. The lowest BCUT2D eigenvalue weighted by atomic mass is 9.97. The van der Waals surface area contributed by atoms with Crippen LogP contribution in [-0.4, -0.2) is 46.4 Å². The Hall–Kier alpha value is -0.260. The molecule has 1 rings (SSSR count). The standard InChI is InChI=1S/C12H23NO3S/c1-9-12(15,5-6-16-9)8-13-10(14)7-17-11(2,3)4/h9,15H,5-8H2,1-4H3,(H,13,14). The van der Waals surface area contributed by atoms with Crippen LogP contribution in [0.3, 0.4) is 0 Å². The first-order chi connectivity index (χ1) is 7.73. The SMILES string of the molecule is CC1OCCC1(O)CNC(=O)CSC(C)(C)C. The van der Waals surface area contributed by atoms with Gasteiger partial charge in [0.25, 0.3) is 0 Å². The van der Waals surface area contributed by atoms with E-state index in [1.54, 1.807) is 11.8 Å². The summed E-state index contributed by atoms with van der Waals surface area (Å²) in [4.78, 5) is 11.6. The lowest BCUT2D eigenvalue weighted by Gasteiger charge is -2.26. The number of thioether (sulfide) groups is 1. The minimum atomic E-state index is -0.901. The lowest BCUT2D eigenvalue weighted by Crippen LogP contribution is -2.48. The van der Waals surface area contributed by atoms with Crippen LogP contribution in [0.1, 0.15) is 34.1 Å². The Bertz CT molecular complexity index is 277. The maximum atomic E-state index is 11.6. The minimum Gasteiger partial charge on any atom is -0.385 e. The van der Waals surface area contributed by atoms with E-state index in [9.17, 15) is 9.90 Å². The van der Waals surface area contributed by atoms with Gasteiger partial charge in [0.15, 0.2) is 0 Å². The molecule has 0 saturated carbocycles. The summed E-state index contributed by atoms with van der Waals surface area (Å²) in [5, 5.41) is 13.0. The van der Waals surface area contributed by atoms with Gasteiger partial charge in [0.2, 0.25) is 5.91 Å². The molecule has 0 aromatic heterocycles. The quantitative estimate of drug-likeness (QED) is 0.798. The number of amides is 1. The number of carbonyl (C=O) groups excluding carboxylic acids is 1. The second-order valence-electron chi connectivity index (χ2n) is 5.54. The van der Waals surface area contributed by atoms with Gasteiger partial charge >= 0.3 is 0 Å². The molecule has 1 saturated heterocycles. The molecule has 4 nitrogen and oxygen atoms in total. The Morgan fingerprint density at radius 1 is 1.59 bits per heavy atom. The van der Waals surface area contributed by atoms with Crippen molar-refractivity contribution in [1.29, 1.82) is 0 Å². The largest absolute Gasteiger partial charge is 0.385 e. The summed E-state index contributed by atoms with van der Waals surface area (Å²) in [6, 6.07) is 0. The van der Waals surface area contributed by atoms with Crippen LogP contribution in [-0.2, 0) is 9.53 Å². The molecule has 5 heteroatoms. The van der Waals surface area contributed by atoms with Crippen LogP contribution >= 0.6 is 11.8 Å². The molecule has 0 radical (unpaired) electrons. The molecular formula is C12H23NO3S. The van der Waals surface area contributed by atoms with Crippen molar-refractivity contribution < 1.29 is 14.6 Å². The average molecular weight is 261 g/mol. The fraction of sp³-hybridized carbons (Fsp3) is 0.917. The summed E-state index contributed by atoms with van der Waals surface area (Å²) in [5.74, 6) is 0.395. The fourth-order valence-corrected chi connectivity index (χ4v) is 2.25. The van der Waals surface area contributed by atoms with E-state index in [0.717, 1.165) is 0 Å². The molecule has 0 spiro atoms. The number of ether oxygens (including phenoxy) is 1. The molecule has 0 aliphatic carbocycles. The zero-order valence-corrected chi connectivity index (χ0v) is 11.9. The van der Waals surface area contributed by atoms with E-state index in [2.05, 4.69) is 26.1 Å². The van der Waals surface area contributed by atoms with Crippen LogP contribution in [0.5, 0.6) is 0 Å². The Morgan fingerprint density at radius 2 is 2.24 bits per heavy atom. The van der Waals surface area contributed by atoms with Crippen LogP contribution in [0, 0.1) is 0 Å². The molecule has 1 heterocycles. The van der Waals surface area contributed by atoms with Crippen LogP contribution in [0.15, 0.2) is 0 Å². The monoisotopic (exact) mass is 261 g/mol. The summed E-state index contributed by atoms with van der Waals surface area (Å²) in [5.41, 5.74) is -0.901. The van der Waals surface area contributed by atoms with Gasteiger partial charge in [-0.3, -0.25) is 4.79 Å². The number of hydrogen-bond acceptors (Lipinski definition) is 4. The summed E-state index contributed by atoms with van der Waals surface area (Å²) < 4.78 is 5.39. The van der Waals surface area contributed by atoms with Crippen molar-refractivity contribution in [2.45, 2.75) is 50.6 Å². The van der Waals surface area contributed by atoms with Gasteiger partial charge < -0.3 is 15.2 Å². The third kappa shape index (κ3) is 4.85. The van der Waals surface area contributed by atoms with E-state index in [1.165, 1.54) is 0 Å². The first kappa shape index (κ1) is 14.8. The van der Waals surface area contributed by atoms with E-state index in [0.29, 0.717) is 18.8 Å². The zero-order valence-electron chi connectivity index (χ0n) is 11.1. The predicted molar refractivity (Wildman–Crippen MR) is 70.2 cm³/mol. The zero-order chi connectivity index (χ0) is 13.1. The van der Waals surface area contributed by atoms with Gasteiger partial charge in [-0.25, -0.2) is 0 Å². The highest BCUT2D eigenvalue weighted by Gasteiger charge is 2.39. The third-order valence-electron chi connectivity index (χ3n) is 2.89. The van der Waals surface area contributed by atoms with Crippen LogP contribution in [0.4, 0.5) is 0 Å². The molecule has 0 bridgehead atoms. The van der Waals surface area contributed by atoms with Gasteiger partial charge in [-0.1, -0.05) is 20.8 Å². The second kappa shape index (κ2) is 5.59. The first-order valence-electron chi connectivity index (χ1n) is 5.98. The van der Waals surface area contributed by atoms with Gasteiger partial charge in [-0.2, -0.15) is 0 Å². The first-order valence-corrected chi connectivity index (χ1v) is 6.96. The highest BCUT2D eigenvalue weighted by molar-refractivity contribution is 8.01. The Morgan fingerprint density at radius 3 is 2.71 bits per heavy atom. The van der Waals surface area contributed by atoms with Crippen molar-refractivity contribution in [3.8, 4) is 0 Å². The molecule has 0 aromatic rings. The number of hydrogen-bond donors (Lipinski definition) is 2. The van der Waals surface area contributed by atoms with E-state index in [-0.39, 0.29) is 23.3 Å². The lowest BCUT2D eigenvalue weighted by molar-refractivity contribution is -0.120. The van der Waals surface area contributed by atoms with Crippen molar-refractivity contribution in [1.82, 2.24) is 5.32 Å². The van der Waals surface area contributed by atoms with Gasteiger partial charge in [0, 0.05) is 24.3 Å². The van der Waals surface area contributed by atoms with Gasteiger partial charge in [0.1, 0.15) is 5.60 Å². The molecule has 2 N–H and O–H groups in total. The Balaban J connectivity index is 2.28. The Labute approximate surface area is 107 Å². The highest BCUT2D eigenvalue weighted by Crippen LogP contribution is 2.25. The van der Waals surface area contributed by atoms with E-state index in [4.69, 9.17) is 4.74 Å². The van der Waals surface area contributed by atoms with Crippen LogP contribution in [0.2, 0.25) is 0 Å². The van der Waals surface area contributed by atoms with E-state index < -0.39 is 5.60 Å². The third-order valence-corrected chi connectivity index (χ3v) is 4.16. The van der Waals surface area contributed by atoms with Crippen molar-refractivity contribution >= 4 is 17.7 Å². The number of rotatable bonds is 4. The summed E-state index contributed by atoms with van der Waals surface area (Å²) >= 11 is 1.60. The topological polar surface area (TPSA) is 58.6 Å². The molecule has 1 aliphatic rings. The van der Waals surface area contributed by atoms with Crippen LogP contribution in [0.25, 0.3) is 0 Å². The molecule has 1 fully saturated rings. The summed E-state index contributed by atoms with van der Waals surface area (Å²) in [6.07, 6.45) is 0.374. The van der Waals surface area contributed by atoms with Crippen molar-refractivity contribution in [3.05, 3.63) is 0 Å². The normalized spacial score (nSPS) is 29.4. The maximum Gasteiger partial charge on any atom is 0.230 e. The molecule has 1 amide bonds. The van der Waals surface area contributed by atoms with Crippen molar-refractivity contribution in [2.75, 3.05) is 18.9 Å². The summed E-state index contributed by atoms with van der Waals surface area (Å²) in [7, 11) is 0. The molecule has 0 aromatic carbocycles. The van der Waals surface area contributed by atoms with E-state index in [1.807, 2.05) is 6.92 Å². The molecule has 1 aliphatic heterocycles. The fourth-order valence-electron chi connectivity index (χ4n) is 1.59. The highest BCUT2D eigenvalue weighted by atomic mass is 32.2. The molecule has 2 unspecified atom stereocenters. The number of carbonyl (C=O) groups is 1. The summed E-state index contributed by atoms with van der Waals surface area (Å²) in [6.45, 7) is 8.90. The second-order valence-corrected chi connectivity index (χ2v) is 7.35. The van der Waals surface area contributed by atoms with E-state index >= 15 is 0 Å². The Kier molecular flexibility index (Phi) is 4.86. The van der Waals surface area contributed by atoms with Crippen molar-refractivity contribution in [3.63, 3.8) is 0 Å². The number of nitrogens with one attached hydrogen (secondary N) is 1. The predicted octanol–water partition coefficient (Wildman–Crippen LogP) is 1.17. The molecule has 17 heavy (non-hydrogen) atoms. The van der Waals surface area contributed by atoms with Gasteiger partial charge in [-0.05, 0) is 6.92 Å². The van der Waals surface area contributed by atoms with Gasteiger partial charge in [-0.15, -0.1) is 11.8 Å². The minimum absolute atomic E-state index is 0.0301. The maximum absolute atomic E-state index is 11.6. The average Bonchev–Trinajstić information content (AvgIpc) is 2.53. The van der Waals surface area contributed by atoms with Gasteiger partial charge in [0.05, 0.1) is 11.9 Å². The molecular weight excluding hydrogens is 238 g/mol. The van der Waals surface area contributed by atoms with Crippen molar-refractivity contribution in [2.24, 2.45) is 0 Å². The molecule has 2 atom stereocenters. The molecule has 100 valence electrons. The smallest absolute Gasteiger partial charge is 0.230 e. The van der Waals surface area contributed by atoms with Crippen LogP contribution < -0.4 is 5.32 Å².